The zero-order valence-electron chi connectivity index (χ0n) is 28.2. The van der Waals surface area contributed by atoms with Gasteiger partial charge in [0.2, 0.25) is 0 Å². The molecule has 0 aromatic rings. The van der Waals surface area contributed by atoms with E-state index in [1.165, 1.54) is 38.5 Å². The Morgan fingerprint density at radius 3 is 0.897 bits per heavy atom. The summed E-state index contributed by atoms with van der Waals surface area (Å²) in [7, 11) is -1.78. The molecular weight excluding hydrogens is 479 g/mol. The molecule has 4 nitrogen and oxygen atoms in total. The van der Waals surface area contributed by atoms with Crippen molar-refractivity contribution in [1.82, 2.24) is 0 Å². The summed E-state index contributed by atoms with van der Waals surface area (Å²) in [6, 6.07) is 0. The van der Waals surface area contributed by atoms with Gasteiger partial charge in [-0.1, -0.05) is 126 Å². The van der Waals surface area contributed by atoms with E-state index in [0.717, 1.165) is 138 Å². The molecule has 0 bridgehead atoms. The van der Waals surface area contributed by atoms with E-state index < -0.39 is 12.7 Å². The molecule has 0 heterocycles. The zero-order chi connectivity index (χ0) is 29.5. The highest BCUT2D eigenvalue weighted by Gasteiger charge is 2.59. The summed E-state index contributed by atoms with van der Waals surface area (Å²) in [5.74, 6) is 0. The van der Waals surface area contributed by atoms with Crippen LogP contribution in [0.1, 0.15) is 177 Å². The van der Waals surface area contributed by atoms with E-state index in [1.807, 2.05) is 0 Å². The van der Waals surface area contributed by atoms with Gasteiger partial charge < -0.3 is 10.0 Å². The minimum Gasteiger partial charge on any atom is -0.884 e. The number of unbranched alkanes of at least 4 members (excludes halogenated alkanes) is 12. The van der Waals surface area contributed by atoms with E-state index in [9.17, 15) is 10.0 Å². The standard InChI is InChI=1S/C34H73BN2O2/c1-8-15-22-23-24-25-26-27-34(35(38)39,36(28-16-9-2,29-17-10-3)30-18-11-4)37(31-19-12-5,32-20-13-6)33-21-14-7/h8-33H2,1-7H3. The van der Waals surface area contributed by atoms with E-state index in [4.69, 9.17) is 0 Å². The maximum Gasteiger partial charge on any atom is 0.140 e. The molecule has 0 aliphatic rings. The SMILES string of the molecule is CCCCCCCCCC(B([O-])[O-])([N+](CCCC)(CCCC)CCCC)[N+](CCCC)(CCCC)CCCC. The Morgan fingerprint density at radius 2 is 0.641 bits per heavy atom. The van der Waals surface area contributed by atoms with Crippen molar-refractivity contribution in [2.45, 2.75) is 182 Å². The van der Waals surface area contributed by atoms with Crippen LogP contribution in [-0.4, -0.2) is 60.9 Å². The maximum absolute atomic E-state index is 14.2. The third-order valence-corrected chi connectivity index (χ3v) is 9.81. The molecular formula is C34H73BN2O2. The second-order valence-electron chi connectivity index (χ2n) is 12.8. The Hall–Kier alpha value is -0.0951. The first-order chi connectivity index (χ1) is 18.9. The van der Waals surface area contributed by atoms with E-state index in [-0.39, 0.29) is 0 Å². The average molecular weight is 553 g/mol. The monoisotopic (exact) mass is 553 g/mol. The van der Waals surface area contributed by atoms with E-state index in [2.05, 4.69) is 48.5 Å². The lowest BCUT2D eigenvalue weighted by atomic mass is 9.62. The van der Waals surface area contributed by atoms with Crippen LogP contribution in [0.2, 0.25) is 0 Å². The van der Waals surface area contributed by atoms with Crippen LogP contribution in [0, 0.1) is 0 Å². The zero-order valence-corrected chi connectivity index (χ0v) is 28.2. The highest BCUT2D eigenvalue weighted by Crippen LogP contribution is 2.43. The van der Waals surface area contributed by atoms with Gasteiger partial charge in [0, 0.05) is 6.42 Å². The van der Waals surface area contributed by atoms with Gasteiger partial charge in [0.15, 0.2) is 0 Å². The number of hydrogen-bond donors (Lipinski definition) is 0. The second kappa shape index (κ2) is 23.5. The van der Waals surface area contributed by atoms with Crippen molar-refractivity contribution >= 4 is 7.12 Å². The quantitative estimate of drug-likeness (QED) is 0.0408. The average Bonchev–Trinajstić information content (AvgIpc) is 2.94. The topological polar surface area (TPSA) is 46.1 Å². The lowest BCUT2D eigenvalue weighted by Gasteiger charge is -2.69. The van der Waals surface area contributed by atoms with Crippen molar-refractivity contribution < 1.29 is 19.0 Å². The Bertz CT molecular complexity index is 468. The lowest BCUT2D eigenvalue weighted by molar-refractivity contribution is -1.16. The highest BCUT2D eigenvalue weighted by atomic mass is 16.4. The van der Waals surface area contributed by atoms with Crippen molar-refractivity contribution in [2.75, 3.05) is 39.3 Å². The van der Waals surface area contributed by atoms with Crippen molar-refractivity contribution in [3.8, 4) is 0 Å². The first kappa shape index (κ1) is 38.9. The molecule has 0 unspecified atom stereocenters. The number of quaternary nitrogens is 2. The van der Waals surface area contributed by atoms with Gasteiger partial charge >= 0.3 is 0 Å². The molecule has 234 valence electrons. The molecule has 0 amide bonds. The van der Waals surface area contributed by atoms with Gasteiger partial charge in [-0.25, -0.2) is 0 Å². The fourth-order valence-electron chi connectivity index (χ4n) is 7.43. The molecule has 0 aliphatic heterocycles. The molecule has 0 fully saturated rings. The van der Waals surface area contributed by atoms with E-state index in [1.54, 1.807) is 0 Å². The molecule has 0 aliphatic carbocycles. The van der Waals surface area contributed by atoms with Gasteiger partial charge in [-0.2, -0.15) is 0 Å². The molecule has 0 saturated heterocycles. The van der Waals surface area contributed by atoms with Gasteiger partial charge in [0.1, 0.15) is 5.56 Å². The molecule has 0 saturated carbocycles. The van der Waals surface area contributed by atoms with E-state index >= 15 is 0 Å². The summed E-state index contributed by atoms with van der Waals surface area (Å²) in [5, 5.41) is 28.5. The van der Waals surface area contributed by atoms with Crippen LogP contribution in [0.4, 0.5) is 0 Å². The summed E-state index contributed by atoms with van der Waals surface area (Å²) in [6.45, 7) is 22.0. The van der Waals surface area contributed by atoms with Crippen molar-refractivity contribution in [3.05, 3.63) is 0 Å². The molecule has 0 aromatic heterocycles. The Kier molecular flexibility index (Phi) is 23.4. The molecule has 5 heteroatoms. The summed E-state index contributed by atoms with van der Waals surface area (Å²) in [5.41, 5.74) is -0.761. The summed E-state index contributed by atoms with van der Waals surface area (Å²) >= 11 is 0. The molecule has 0 radical (unpaired) electrons. The predicted octanol–water partition coefficient (Wildman–Crippen LogP) is 8.01. The van der Waals surface area contributed by atoms with Crippen LogP contribution in [0.15, 0.2) is 0 Å². The van der Waals surface area contributed by atoms with E-state index in [0.29, 0.717) is 0 Å². The van der Waals surface area contributed by atoms with Crippen LogP contribution in [-0.2, 0) is 0 Å². The Labute approximate surface area is 247 Å². The van der Waals surface area contributed by atoms with Crippen LogP contribution in [0.3, 0.4) is 0 Å². The molecule has 39 heavy (non-hydrogen) atoms. The molecule has 0 spiro atoms. The Balaban J connectivity index is 7.08. The number of hydrogen-bond acceptors (Lipinski definition) is 2. The smallest absolute Gasteiger partial charge is 0.140 e. The van der Waals surface area contributed by atoms with Gasteiger partial charge in [0.05, 0.1) is 46.4 Å². The van der Waals surface area contributed by atoms with Gasteiger partial charge in [0.25, 0.3) is 0 Å². The molecule has 0 atom stereocenters. The highest BCUT2D eigenvalue weighted by molar-refractivity contribution is 6.40. The van der Waals surface area contributed by atoms with Crippen molar-refractivity contribution in [2.24, 2.45) is 0 Å². The first-order valence-corrected chi connectivity index (χ1v) is 17.9. The van der Waals surface area contributed by atoms with Crippen LogP contribution < -0.4 is 10.0 Å². The molecule has 0 aromatic carbocycles. The normalized spacial score (nSPS) is 12.8. The third-order valence-electron chi connectivity index (χ3n) is 9.81. The molecule has 0 rings (SSSR count). The van der Waals surface area contributed by atoms with Crippen LogP contribution >= 0.6 is 0 Å². The third kappa shape index (κ3) is 12.0. The Morgan fingerprint density at radius 1 is 0.385 bits per heavy atom. The molecule has 0 N–H and O–H groups in total. The van der Waals surface area contributed by atoms with Gasteiger partial charge in [-0.05, 0) is 44.9 Å². The minimum absolute atomic E-state index is 0.761. The summed E-state index contributed by atoms with van der Waals surface area (Å²) in [6.07, 6.45) is 23.0. The van der Waals surface area contributed by atoms with Crippen LogP contribution in [0.5, 0.6) is 0 Å². The minimum atomic E-state index is -1.78. The van der Waals surface area contributed by atoms with Gasteiger partial charge in [-0.15, -0.1) is 0 Å². The first-order valence-electron chi connectivity index (χ1n) is 17.9. The lowest BCUT2D eigenvalue weighted by Crippen LogP contribution is -2.90. The van der Waals surface area contributed by atoms with Crippen LogP contribution in [0.25, 0.3) is 0 Å². The fourth-order valence-corrected chi connectivity index (χ4v) is 7.43. The second-order valence-corrected chi connectivity index (χ2v) is 12.8. The number of nitrogens with zero attached hydrogens (tertiary/aromatic N) is 2. The summed E-state index contributed by atoms with van der Waals surface area (Å²) in [4.78, 5) is 0. The maximum atomic E-state index is 14.2. The largest absolute Gasteiger partial charge is 0.884 e. The van der Waals surface area contributed by atoms with Crippen molar-refractivity contribution in [3.63, 3.8) is 0 Å². The number of rotatable bonds is 29. The summed E-state index contributed by atoms with van der Waals surface area (Å²) < 4.78 is 1.60. The fraction of sp³-hybridized carbons (Fsp3) is 1.00. The van der Waals surface area contributed by atoms with Crippen molar-refractivity contribution in [1.29, 1.82) is 0 Å². The predicted molar refractivity (Wildman–Crippen MR) is 170 cm³/mol. The van der Waals surface area contributed by atoms with Gasteiger partial charge in [-0.3, -0.25) is 8.97 Å².